The molecule has 1 unspecified atom stereocenters. The van der Waals surface area contributed by atoms with Crippen LogP contribution < -0.4 is 11.3 Å². The minimum absolute atomic E-state index is 0.383. The second kappa shape index (κ2) is 4.73. The summed E-state index contributed by atoms with van der Waals surface area (Å²) >= 11 is 3.30. The van der Waals surface area contributed by atoms with Gasteiger partial charge in [0.1, 0.15) is 17.6 Å². The van der Waals surface area contributed by atoms with Crippen molar-refractivity contribution in [2.75, 3.05) is 0 Å². The maximum atomic E-state index is 13.5. The van der Waals surface area contributed by atoms with Crippen molar-refractivity contribution in [2.24, 2.45) is 5.84 Å². The number of hydrogen-bond acceptors (Lipinski definition) is 4. The van der Waals surface area contributed by atoms with E-state index in [-0.39, 0.29) is 0 Å². The Balaban J connectivity index is 2.45. The number of aromatic nitrogens is 1. The van der Waals surface area contributed by atoms with Crippen LogP contribution in [0.15, 0.2) is 39.7 Å². The van der Waals surface area contributed by atoms with Gasteiger partial charge in [0.05, 0.1) is 16.9 Å². The molecule has 0 fully saturated rings. The molecular weight excluding hydrogens is 277 g/mol. The minimum Gasteiger partial charge on any atom is -0.466 e. The van der Waals surface area contributed by atoms with Gasteiger partial charge in [0.15, 0.2) is 0 Å². The summed E-state index contributed by atoms with van der Waals surface area (Å²) in [5.41, 5.74) is 2.89. The summed E-state index contributed by atoms with van der Waals surface area (Å²) in [4.78, 5) is 3.68. The number of halogens is 2. The lowest BCUT2D eigenvalue weighted by molar-refractivity contribution is 0.438. The summed E-state index contributed by atoms with van der Waals surface area (Å²) in [5, 5.41) is 0. The SMILES string of the molecule is NNC(c1ccncc1F)c1occc1Br. The fourth-order valence-electron chi connectivity index (χ4n) is 1.44. The Morgan fingerprint density at radius 3 is 2.88 bits per heavy atom. The van der Waals surface area contributed by atoms with Crippen LogP contribution >= 0.6 is 15.9 Å². The molecule has 2 rings (SSSR count). The van der Waals surface area contributed by atoms with Gasteiger partial charge in [-0.15, -0.1) is 0 Å². The second-order valence-corrected chi connectivity index (χ2v) is 3.98. The van der Waals surface area contributed by atoms with Crippen LogP contribution in [0, 0.1) is 5.82 Å². The number of rotatable bonds is 3. The van der Waals surface area contributed by atoms with E-state index in [4.69, 9.17) is 10.3 Å². The first kappa shape index (κ1) is 11.3. The van der Waals surface area contributed by atoms with Crippen LogP contribution in [0.2, 0.25) is 0 Å². The van der Waals surface area contributed by atoms with Gasteiger partial charge in [0, 0.05) is 11.8 Å². The van der Waals surface area contributed by atoms with Crippen molar-refractivity contribution in [1.29, 1.82) is 0 Å². The molecule has 4 nitrogen and oxygen atoms in total. The monoisotopic (exact) mass is 285 g/mol. The van der Waals surface area contributed by atoms with E-state index >= 15 is 0 Å². The van der Waals surface area contributed by atoms with Gasteiger partial charge in [-0.1, -0.05) is 0 Å². The smallest absolute Gasteiger partial charge is 0.146 e. The number of hydrazine groups is 1. The van der Waals surface area contributed by atoms with E-state index in [0.29, 0.717) is 11.3 Å². The highest BCUT2D eigenvalue weighted by atomic mass is 79.9. The first-order chi connectivity index (χ1) is 7.74. The lowest BCUT2D eigenvalue weighted by Gasteiger charge is -2.14. The van der Waals surface area contributed by atoms with Crippen molar-refractivity contribution in [3.8, 4) is 0 Å². The molecule has 0 amide bonds. The minimum atomic E-state index is -0.549. The van der Waals surface area contributed by atoms with Crippen LogP contribution in [-0.2, 0) is 0 Å². The van der Waals surface area contributed by atoms with E-state index in [1.54, 1.807) is 12.1 Å². The van der Waals surface area contributed by atoms with Crippen molar-refractivity contribution in [3.05, 3.63) is 52.4 Å². The number of nitrogens with two attached hydrogens (primary N) is 1. The molecule has 6 heteroatoms. The molecule has 16 heavy (non-hydrogen) atoms. The van der Waals surface area contributed by atoms with Crippen molar-refractivity contribution in [2.45, 2.75) is 6.04 Å². The molecule has 0 spiro atoms. The summed E-state index contributed by atoms with van der Waals surface area (Å²) < 4.78 is 19.5. The van der Waals surface area contributed by atoms with Gasteiger partial charge in [-0.25, -0.2) is 9.82 Å². The average Bonchev–Trinajstić information content (AvgIpc) is 2.69. The molecule has 3 N–H and O–H groups in total. The normalized spacial score (nSPS) is 12.7. The Morgan fingerprint density at radius 2 is 2.31 bits per heavy atom. The number of furan rings is 1. The molecule has 0 saturated heterocycles. The molecule has 0 radical (unpaired) electrons. The van der Waals surface area contributed by atoms with Gasteiger partial charge in [0.25, 0.3) is 0 Å². The summed E-state index contributed by atoms with van der Waals surface area (Å²) in [6.07, 6.45) is 4.14. The lowest BCUT2D eigenvalue weighted by Crippen LogP contribution is -2.29. The zero-order chi connectivity index (χ0) is 11.5. The van der Waals surface area contributed by atoms with E-state index < -0.39 is 11.9 Å². The maximum absolute atomic E-state index is 13.5. The van der Waals surface area contributed by atoms with Gasteiger partial charge in [-0.3, -0.25) is 10.8 Å². The van der Waals surface area contributed by atoms with Crippen LogP contribution in [0.25, 0.3) is 0 Å². The van der Waals surface area contributed by atoms with E-state index in [2.05, 4.69) is 26.3 Å². The predicted octanol–water partition coefficient (Wildman–Crippen LogP) is 2.13. The van der Waals surface area contributed by atoms with E-state index in [1.807, 2.05) is 0 Å². The van der Waals surface area contributed by atoms with E-state index in [1.165, 1.54) is 12.5 Å². The number of nitrogens with one attached hydrogen (secondary N) is 1. The molecule has 2 heterocycles. The van der Waals surface area contributed by atoms with Crippen molar-refractivity contribution in [3.63, 3.8) is 0 Å². The van der Waals surface area contributed by atoms with E-state index in [0.717, 1.165) is 10.7 Å². The Kier molecular flexibility index (Phi) is 3.33. The molecular formula is C10H9BrFN3O. The zero-order valence-electron chi connectivity index (χ0n) is 8.15. The number of pyridine rings is 1. The highest BCUT2D eigenvalue weighted by molar-refractivity contribution is 9.10. The van der Waals surface area contributed by atoms with Gasteiger partial charge < -0.3 is 4.42 Å². The third-order valence-electron chi connectivity index (χ3n) is 2.19. The fraction of sp³-hybridized carbons (Fsp3) is 0.100. The molecule has 0 aliphatic heterocycles. The molecule has 0 aliphatic rings. The molecule has 2 aromatic rings. The van der Waals surface area contributed by atoms with Gasteiger partial charge in [-0.05, 0) is 28.1 Å². The molecule has 84 valence electrons. The number of hydrogen-bond donors (Lipinski definition) is 2. The van der Waals surface area contributed by atoms with Crippen molar-refractivity contribution >= 4 is 15.9 Å². The van der Waals surface area contributed by atoms with Crippen LogP contribution in [0.1, 0.15) is 17.4 Å². The molecule has 0 aliphatic carbocycles. The van der Waals surface area contributed by atoms with Gasteiger partial charge in [-0.2, -0.15) is 0 Å². The Labute approximate surface area is 99.8 Å². The highest BCUT2D eigenvalue weighted by Crippen LogP contribution is 2.29. The van der Waals surface area contributed by atoms with Crippen molar-refractivity contribution < 1.29 is 8.81 Å². The van der Waals surface area contributed by atoms with Crippen LogP contribution in [0.4, 0.5) is 4.39 Å². The molecule has 2 aromatic heterocycles. The standard InChI is InChI=1S/C10H9BrFN3O/c11-7-2-4-16-10(7)9(15-13)6-1-3-14-5-8(6)12/h1-5,9,15H,13H2. The quantitative estimate of drug-likeness (QED) is 0.670. The first-order valence-corrected chi connectivity index (χ1v) is 5.31. The van der Waals surface area contributed by atoms with Gasteiger partial charge in [0.2, 0.25) is 0 Å². The lowest BCUT2D eigenvalue weighted by atomic mass is 10.1. The van der Waals surface area contributed by atoms with Gasteiger partial charge >= 0.3 is 0 Å². The Hall–Kier alpha value is -1.24. The number of nitrogens with zero attached hydrogens (tertiary/aromatic N) is 1. The third kappa shape index (κ3) is 1.99. The van der Waals surface area contributed by atoms with Crippen LogP contribution in [-0.4, -0.2) is 4.98 Å². The second-order valence-electron chi connectivity index (χ2n) is 3.13. The molecule has 1 atom stereocenters. The topological polar surface area (TPSA) is 64.1 Å². The summed E-state index contributed by atoms with van der Waals surface area (Å²) in [6.45, 7) is 0. The van der Waals surface area contributed by atoms with Crippen LogP contribution in [0.5, 0.6) is 0 Å². The summed E-state index contributed by atoms with van der Waals surface area (Å²) in [7, 11) is 0. The molecule has 0 bridgehead atoms. The molecule has 0 aromatic carbocycles. The maximum Gasteiger partial charge on any atom is 0.146 e. The Bertz CT molecular complexity index is 488. The Morgan fingerprint density at radius 1 is 1.50 bits per heavy atom. The van der Waals surface area contributed by atoms with Crippen molar-refractivity contribution in [1.82, 2.24) is 10.4 Å². The largest absolute Gasteiger partial charge is 0.466 e. The zero-order valence-corrected chi connectivity index (χ0v) is 9.74. The summed E-state index contributed by atoms with van der Waals surface area (Å²) in [5.74, 6) is 5.50. The predicted molar refractivity (Wildman–Crippen MR) is 59.8 cm³/mol. The fourth-order valence-corrected chi connectivity index (χ4v) is 1.87. The third-order valence-corrected chi connectivity index (χ3v) is 2.84. The molecule has 0 saturated carbocycles. The average molecular weight is 286 g/mol. The first-order valence-electron chi connectivity index (χ1n) is 4.52. The van der Waals surface area contributed by atoms with E-state index in [9.17, 15) is 4.39 Å². The summed E-state index contributed by atoms with van der Waals surface area (Å²) in [6, 6.07) is 2.72. The van der Waals surface area contributed by atoms with Crippen LogP contribution in [0.3, 0.4) is 0 Å². The highest BCUT2D eigenvalue weighted by Gasteiger charge is 2.21.